The van der Waals surface area contributed by atoms with Crippen LogP contribution in [-0.2, 0) is 28.6 Å². The van der Waals surface area contributed by atoms with Crippen LogP contribution in [0.3, 0.4) is 0 Å². The van der Waals surface area contributed by atoms with Crippen LogP contribution < -0.4 is 0 Å². The lowest BCUT2D eigenvalue weighted by molar-refractivity contribution is -0.167. The average molecular weight is 849 g/mol. The highest BCUT2D eigenvalue weighted by atomic mass is 16.6. The first-order valence-corrected chi connectivity index (χ1v) is 26.7. The number of hydrogen-bond donors (Lipinski definition) is 0. The van der Waals surface area contributed by atoms with E-state index in [4.69, 9.17) is 14.2 Å². The number of unbranched alkanes of at least 4 members (excludes halogenated alkanes) is 33. The van der Waals surface area contributed by atoms with Crippen molar-refractivity contribution in [2.45, 2.75) is 304 Å². The van der Waals surface area contributed by atoms with Crippen molar-refractivity contribution in [3.63, 3.8) is 0 Å². The molecule has 0 amide bonds. The predicted molar refractivity (Wildman–Crippen MR) is 256 cm³/mol. The van der Waals surface area contributed by atoms with Gasteiger partial charge in [0.1, 0.15) is 13.2 Å². The predicted octanol–water partition coefficient (Wildman–Crippen LogP) is 17.3. The molecule has 0 aliphatic carbocycles. The summed E-state index contributed by atoms with van der Waals surface area (Å²) in [6.45, 7) is 11.4. The van der Waals surface area contributed by atoms with E-state index in [9.17, 15) is 14.4 Å². The van der Waals surface area contributed by atoms with Gasteiger partial charge < -0.3 is 14.2 Å². The van der Waals surface area contributed by atoms with Gasteiger partial charge in [0.15, 0.2) is 6.10 Å². The molecule has 0 fully saturated rings. The van der Waals surface area contributed by atoms with Crippen molar-refractivity contribution >= 4 is 17.9 Å². The third kappa shape index (κ3) is 47.5. The van der Waals surface area contributed by atoms with E-state index in [2.05, 4.69) is 34.6 Å². The summed E-state index contributed by atoms with van der Waals surface area (Å²) >= 11 is 0. The molecule has 6 heteroatoms. The summed E-state index contributed by atoms with van der Waals surface area (Å²) in [5.74, 6) is 0.837. The van der Waals surface area contributed by atoms with Crippen LogP contribution in [0.15, 0.2) is 0 Å². The van der Waals surface area contributed by atoms with Crippen LogP contribution >= 0.6 is 0 Å². The summed E-state index contributed by atoms with van der Waals surface area (Å²) < 4.78 is 16.8. The normalized spacial score (nSPS) is 12.1. The van der Waals surface area contributed by atoms with Crippen LogP contribution in [0, 0.1) is 11.8 Å². The number of rotatable bonds is 48. The van der Waals surface area contributed by atoms with Gasteiger partial charge in [-0.25, -0.2) is 0 Å². The van der Waals surface area contributed by atoms with E-state index < -0.39 is 6.10 Å². The van der Waals surface area contributed by atoms with E-state index in [-0.39, 0.29) is 31.1 Å². The van der Waals surface area contributed by atoms with Gasteiger partial charge in [-0.05, 0) is 31.1 Å². The summed E-state index contributed by atoms with van der Waals surface area (Å²) in [6.07, 6.45) is 48.1. The molecule has 0 aliphatic rings. The van der Waals surface area contributed by atoms with E-state index >= 15 is 0 Å². The van der Waals surface area contributed by atoms with E-state index in [0.717, 1.165) is 69.6 Å². The minimum Gasteiger partial charge on any atom is -0.462 e. The topological polar surface area (TPSA) is 78.9 Å². The molecular weight excluding hydrogens is 745 g/mol. The van der Waals surface area contributed by atoms with Crippen LogP contribution in [0.5, 0.6) is 0 Å². The highest BCUT2D eigenvalue weighted by Gasteiger charge is 2.19. The van der Waals surface area contributed by atoms with Crippen molar-refractivity contribution in [2.24, 2.45) is 11.8 Å². The second-order valence-corrected chi connectivity index (χ2v) is 19.5. The first-order valence-electron chi connectivity index (χ1n) is 26.7. The van der Waals surface area contributed by atoms with Gasteiger partial charge in [0.05, 0.1) is 0 Å². The fraction of sp³-hybridized carbons (Fsp3) is 0.944. The lowest BCUT2D eigenvalue weighted by Gasteiger charge is -2.18. The van der Waals surface area contributed by atoms with Crippen LogP contribution in [0.1, 0.15) is 298 Å². The third-order valence-electron chi connectivity index (χ3n) is 12.2. The molecule has 0 spiro atoms. The van der Waals surface area contributed by atoms with Gasteiger partial charge in [-0.15, -0.1) is 0 Å². The van der Waals surface area contributed by atoms with Crippen LogP contribution in [0.25, 0.3) is 0 Å². The monoisotopic (exact) mass is 849 g/mol. The van der Waals surface area contributed by atoms with Crippen molar-refractivity contribution in [1.29, 1.82) is 0 Å². The molecule has 356 valence electrons. The molecule has 1 atom stereocenters. The standard InChI is InChI=1S/C54H104O6/c1-6-7-8-9-10-22-31-36-41-46-54(57)60-51(48-59-53(56)45-40-35-30-26-21-17-13-15-19-24-28-33-38-43-50(4)5)47-58-52(55)44-39-34-29-25-20-16-12-11-14-18-23-27-32-37-42-49(2)3/h49-51H,6-48H2,1-5H3/t51-/m1/s1. The van der Waals surface area contributed by atoms with Gasteiger partial charge in [-0.1, -0.05) is 259 Å². The van der Waals surface area contributed by atoms with Crippen LogP contribution in [-0.4, -0.2) is 37.2 Å². The van der Waals surface area contributed by atoms with Crippen molar-refractivity contribution in [2.75, 3.05) is 13.2 Å². The molecule has 0 aromatic carbocycles. The fourth-order valence-corrected chi connectivity index (χ4v) is 8.17. The Morgan fingerprint density at radius 1 is 0.317 bits per heavy atom. The fourth-order valence-electron chi connectivity index (χ4n) is 8.17. The van der Waals surface area contributed by atoms with E-state index in [1.165, 1.54) is 186 Å². The summed E-state index contributed by atoms with van der Waals surface area (Å²) in [5, 5.41) is 0. The summed E-state index contributed by atoms with van der Waals surface area (Å²) in [5.41, 5.74) is 0. The molecule has 0 rings (SSSR count). The molecule has 6 nitrogen and oxygen atoms in total. The number of ether oxygens (including phenoxy) is 3. The van der Waals surface area contributed by atoms with Gasteiger partial charge in [0.25, 0.3) is 0 Å². The Hall–Kier alpha value is -1.59. The van der Waals surface area contributed by atoms with Gasteiger partial charge >= 0.3 is 17.9 Å². The quantitative estimate of drug-likeness (QED) is 0.0345. The average Bonchev–Trinajstić information content (AvgIpc) is 3.22. The molecular formula is C54H104O6. The minimum atomic E-state index is -0.761. The SMILES string of the molecule is CCCCCCCCCCCC(=O)O[C@H](COC(=O)CCCCCCCCCCCCCCCCC(C)C)COC(=O)CCCCCCCCCCCCCCCC(C)C. The summed E-state index contributed by atoms with van der Waals surface area (Å²) in [6, 6.07) is 0. The number of esters is 3. The molecule has 0 heterocycles. The molecule has 0 aromatic rings. The van der Waals surface area contributed by atoms with Crippen LogP contribution in [0.2, 0.25) is 0 Å². The lowest BCUT2D eigenvalue weighted by Crippen LogP contribution is -2.30. The number of carbonyl (C=O) groups is 3. The zero-order valence-corrected chi connectivity index (χ0v) is 41.1. The molecule has 0 saturated carbocycles. The molecule has 60 heavy (non-hydrogen) atoms. The van der Waals surface area contributed by atoms with E-state index in [1.807, 2.05) is 0 Å². The Balaban J connectivity index is 4.22. The number of hydrogen-bond acceptors (Lipinski definition) is 6. The van der Waals surface area contributed by atoms with E-state index in [1.54, 1.807) is 0 Å². The van der Waals surface area contributed by atoms with Crippen molar-refractivity contribution < 1.29 is 28.6 Å². The molecule has 0 N–H and O–H groups in total. The zero-order valence-electron chi connectivity index (χ0n) is 41.1. The maximum Gasteiger partial charge on any atom is 0.306 e. The van der Waals surface area contributed by atoms with Crippen molar-refractivity contribution in [3.05, 3.63) is 0 Å². The minimum absolute atomic E-state index is 0.0634. The zero-order chi connectivity index (χ0) is 44.0. The molecule has 0 bridgehead atoms. The molecule has 0 aliphatic heterocycles. The smallest absolute Gasteiger partial charge is 0.306 e. The van der Waals surface area contributed by atoms with Gasteiger partial charge in [0.2, 0.25) is 0 Å². The Morgan fingerprint density at radius 3 is 0.817 bits per heavy atom. The largest absolute Gasteiger partial charge is 0.462 e. The first kappa shape index (κ1) is 58.4. The lowest BCUT2D eigenvalue weighted by atomic mass is 10.0. The Bertz CT molecular complexity index is 916. The van der Waals surface area contributed by atoms with Crippen molar-refractivity contribution in [1.82, 2.24) is 0 Å². The van der Waals surface area contributed by atoms with E-state index in [0.29, 0.717) is 19.3 Å². The summed E-state index contributed by atoms with van der Waals surface area (Å²) in [4.78, 5) is 37.9. The molecule has 0 unspecified atom stereocenters. The van der Waals surface area contributed by atoms with Gasteiger partial charge in [-0.3, -0.25) is 14.4 Å². The maximum atomic E-state index is 12.7. The Kier molecular flexibility index (Phi) is 45.7. The summed E-state index contributed by atoms with van der Waals surface area (Å²) in [7, 11) is 0. The second-order valence-electron chi connectivity index (χ2n) is 19.5. The van der Waals surface area contributed by atoms with Crippen molar-refractivity contribution in [3.8, 4) is 0 Å². The Morgan fingerprint density at radius 2 is 0.550 bits per heavy atom. The second kappa shape index (κ2) is 46.9. The van der Waals surface area contributed by atoms with Gasteiger partial charge in [0, 0.05) is 19.3 Å². The maximum absolute atomic E-state index is 12.7. The highest BCUT2D eigenvalue weighted by molar-refractivity contribution is 5.71. The van der Waals surface area contributed by atoms with Gasteiger partial charge in [-0.2, -0.15) is 0 Å². The third-order valence-corrected chi connectivity index (χ3v) is 12.2. The number of carbonyl (C=O) groups excluding carboxylic acids is 3. The Labute approximate surface area is 374 Å². The van der Waals surface area contributed by atoms with Crippen LogP contribution in [0.4, 0.5) is 0 Å². The molecule has 0 aromatic heterocycles. The first-order chi connectivity index (χ1) is 29.2. The highest BCUT2D eigenvalue weighted by Crippen LogP contribution is 2.18. The molecule has 0 saturated heterocycles. The molecule has 0 radical (unpaired) electrons.